The Kier molecular flexibility index (Phi) is 5.98. The first kappa shape index (κ1) is 16.9. The first-order valence-electron chi connectivity index (χ1n) is 6.86. The fourth-order valence-electron chi connectivity index (χ4n) is 1.93. The molecular formula is C14H25N3O2S. The molecule has 0 bridgehead atoms. The van der Waals surface area contributed by atoms with Gasteiger partial charge in [0.05, 0.1) is 4.90 Å². The Balaban J connectivity index is 2.95. The van der Waals surface area contributed by atoms with Crippen LogP contribution in [-0.2, 0) is 10.0 Å². The number of nitrogen functional groups attached to an aromatic ring is 1. The van der Waals surface area contributed by atoms with Crippen molar-refractivity contribution in [2.75, 3.05) is 18.8 Å². The third kappa shape index (κ3) is 4.47. The number of hydrogen-bond donors (Lipinski definition) is 2. The first-order valence-corrected chi connectivity index (χ1v) is 8.30. The van der Waals surface area contributed by atoms with Crippen LogP contribution >= 0.6 is 0 Å². The van der Waals surface area contributed by atoms with Gasteiger partial charge in [0.15, 0.2) is 0 Å². The van der Waals surface area contributed by atoms with E-state index < -0.39 is 10.0 Å². The predicted molar refractivity (Wildman–Crippen MR) is 83.0 cm³/mol. The van der Waals surface area contributed by atoms with Crippen LogP contribution in [0.2, 0.25) is 0 Å². The quantitative estimate of drug-likeness (QED) is 0.751. The number of rotatable bonds is 7. The summed E-state index contributed by atoms with van der Waals surface area (Å²) in [5.74, 6) is 0. The van der Waals surface area contributed by atoms with Gasteiger partial charge in [0.25, 0.3) is 0 Å². The number of anilines is 1. The van der Waals surface area contributed by atoms with E-state index in [1.165, 1.54) is 10.4 Å². The zero-order valence-corrected chi connectivity index (χ0v) is 13.4. The van der Waals surface area contributed by atoms with E-state index in [4.69, 9.17) is 5.73 Å². The van der Waals surface area contributed by atoms with Crippen LogP contribution in [0.1, 0.15) is 27.7 Å². The largest absolute Gasteiger partial charge is 0.399 e. The second-order valence-corrected chi connectivity index (χ2v) is 7.28. The van der Waals surface area contributed by atoms with Crippen molar-refractivity contribution in [2.45, 2.75) is 44.7 Å². The molecular weight excluding hydrogens is 274 g/mol. The number of benzene rings is 1. The van der Waals surface area contributed by atoms with Gasteiger partial charge in [-0.2, -0.15) is 4.31 Å². The van der Waals surface area contributed by atoms with Crippen LogP contribution in [0.5, 0.6) is 0 Å². The lowest BCUT2D eigenvalue weighted by molar-refractivity contribution is 0.346. The van der Waals surface area contributed by atoms with Gasteiger partial charge in [0.2, 0.25) is 10.0 Å². The molecule has 1 aromatic carbocycles. The van der Waals surface area contributed by atoms with Crippen molar-refractivity contribution in [1.29, 1.82) is 0 Å². The van der Waals surface area contributed by atoms with Gasteiger partial charge in [0, 0.05) is 30.9 Å². The average molecular weight is 299 g/mol. The van der Waals surface area contributed by atoms with E-state index in [2.05, 4.69) is 5.32 Å². The molecule has 114 valence electrons. The Morgan fingerprint density at radius 2 is 1.90 bits per heavy atom. The van der Waals surface area contributed by atoms with Gasteiger partial charge in [-0.05, 0) is 32.0 Å². The zero-order chi connectivity index (χ0) is 15.3. The molecule has 0 aliphatic carbocycles. The van der Waals surface area contributed by atoms with E-state index >= 15 is 0 Å². The van der Waals surface area contributed by atoms with Gasteiger partial charge in [-0.3, -0.25) is 0 Å². The highest BCUT2D eigenvalue weighted by molar-refractivity contribution is 7.89. The zero-order valence-electron chi connectivity index (χ0n) is 12.6. The van der Waals surface area contributed by atoms with E-state index in [0.29, 0.717) is 24.8 Å². The number of nitrogens with two attached hydrogens (primary N) is 1. The van der Waals surface area contributed by atoms with Gasteiger partial charge in [-0.25, -0.2) is 8.42 Å². The molecule has 0 radical (unpaired) electrons. The third-order valence-corrected chi connectivity index (χ3v) is 5.00. The summed E-state index contributed by atoms with van der Waals surface area (Å²) in [7, 11) is -3.51. The van der Waals surface area contributed by atoms with Gasteiger partial charge < -0.3 is 11.1 Å². The van der Waals surface area contributed by atoms with Crippen LogP contribution < -0.4 is 11.1 Å². The highest BCUT2D eigenvalue weighted by atomic mass is 32.2. The van der Waals surface area contributed by atoms with Crippen molar-refractivity contribution in [3.8, 4) is 0 Å². The lowest BCUT2D eigenvalue weighted by Crippen LogP contribution is -2.42. The molecule has 0 aliphatic rings. The number of hydrogen-bond acceptors (Lipinski definition) is 4. The molecule has 0 saturated heterocycles. The first-order chi connectivity index (χ1) is 9.25. The smallest absolute Gasteiger partial charge is 0.243 e. The van der Waals surface area contributed by atoms with Crippen LogP contribution in [0.25, 0.3) is 0 Å². The summed E-state index contributed by atoms with van der Waals surface area (Å²) in [4.78, 5) is 0.246. The Morgan fingerprint density at radius 1 is 1.25 bits per heavy atom. The second kappa shape index (κ2) is 7.06. The SMILES string of the molecule is CC(C)NCCN(C(C)C)S(=O)(=O)c1cccc(N)c1. The summed E-state index contributed by atoms with van der Waals surface area (Å²) in [6, 6.07) is 6.65. The highest BCUT2D eigenvalue weighted by Gasteiger charge is 2.26. The molecule has 0 unspecified atom stereocenters. The molecule has 0 fully saturated rings. The summed E-state index contributed by atoms with van der Waals surface area (Å²) in [5.41, 5.74) is 6.13. The molecule has 6 heteroatoms. The molecule has 1 aromatic rings. The Labute approximate surface area is 122 Å². The minimum absolute atomic E-state index is 0.101. The molecule has 3 N–H and O–H groups in total. The van der Waals surface area contributed by atoms with Crippen molar-refractivity contribution in [3.63, 3.8) is 0 Å². The van der Waals surface area contributed by atoms with E-state index in [0.717, 1.165) is 0 Å². The molecule has 0 amide bonds. The lowest BCUT2D eigenvalue weighted by Gasteiger charge is -2.26. The molecule has 0 aromatic heterocycles. The lowest BCUT2D eigenvalue weighted by atomic mass is 10.3. The number of nitrogens with zero attached hydrogens (tertiary/aromatic N) is 1. The number of nitrogens with one attached hydrogen (secondary N) is 1. The van der Waals surface area contributed by atoms with Gasteiger partial charge in [-0.15, -0.1) is 0 Å². The van der Waals surface area contributed by atoms with Crippen molar-refractivity contribution in [2.24, 2.45) is 0 Å². The van der Waals surface area contributed by atoms with Crippen molar-refractivity contribution in [3.05, 3.63) is 24.3 Å². The van der Waals surface area contributed by atoms with Crippen LogP contribution in [0.4, 0.5) is 5.69 Å². The molecule has 0 heterocycles. The fraction of sp³-hybridized carbons (Fsp3) is 0.571. The molecule has 5 nitrogen and oxygen atoms in total. The second-order valence-electron chi connectivity index (χ2n) is 5.39. The molecule has 1 rings (SSSR count). The maximum Gasteiger partial charge on any atom is 0.243 e. The molecule has 0 spiro atoms. The summed E-state index contributed by atoms with van der Waals surface area (Å²) in [6.07, 6.45) is 0. The molecule has 0 aliphatic heterocycles. The number of sulfonamides is 1. The topological polar surface area (TPSA) is 75.4 Å². The molecule has 0 atom stereocenters. The standard InChI is InChI=1S/C14H25N3O2S/c1-11(2)16-8-9-17(12(3)4)20(18,19)14-7-5-6-13(15)10-14/h5-7,10-12,16H,8-9,15H2,1-4H3. The van der Waals surface area contributed by atoms with Gasteiger partial charge in [0.1, 0.15) is 0 Å². The normalized spacial score (nSPS) is 12.6. The summed E-state index contributed by atoms with van der Waals surface area (Å²) in [5, 5.41) is 3.23. The minimum Gasteiger partial charge on any atom is -0.399 e. The van der Waals surface area contributed by atoms with Gasteiger partial charge in [-0.1, -0.05) is 19.9 Å². The minimum atomic E-state index is -3.51. The maximum atomic E-state index is 12.6. The summed E-state index contributed by atoms with van der Waals surface area (Å²) in [6.45, 7) is 8.88. The van der Waals surface area contributed by atoms with Crippen molar-refractivity contribution < 1.29 is 8.42 Å². The summed E-state index contributed by atoms with van der Waals surface area (Å²) >= 11 is 0. The van der Waals surface area contributed by atoms with Crippen molar-refractivity contribution >= 4 is 15.7 Å². The van der Waals surface area contributed by atoms with Crippen molar-refractivity contribution in [1.82, 2.24) is 9.62 Å². The van der Waals surface area contributed by atoms with E-state index in [1.807, 2.05) is 27.7 Å². The van der Waals surface area contributed by atoms with Crippen LogP contribution in [0, 0.1) is 0 Å². The van der Waals surface area contributed by atoms with Crippen LogP contribution in [0.15, 0.2) is 29.2 Å². The highest BCUT2D eigenvalue weighted by Crippen LogP contribution is 2.19. The van der Waals surface area contributed by atoms with Crippen LogP contribution in [0.3, 0.4) is 0 Å². The molecule has 20 heavy (non-hydrogen) atoms. The summed E-state index contributed by atoms with van der Waals surface area (Å²) < 4.78 is 26.8. The maximum absolute atomic E-state index is 12.6. The third-order valence-electron chi connectivity index (χ3n) is 2.93. The van der Waals surface area contributed by atoms with E-state index in [-0.39, 0.29) is 10.9 Å². The Bertz CT molecular complexity index is 527. The van der Waals surface area contributed by atoms with Crippen LogP contribution in [-0.4, -0.2) is 37.9 Å². The fourth-order valence-corrected chi connectivity index (χ4v) is 3.62. The monoisotopic (exact) mass is 299 g/mol. The van der Waals surface area contributed by atoms with Gasteiger partial charge >= 0.3 is 0 Å². The predicted octanol–water partition coefficient (Wildman–Crippen LogP) is 1.67. The average Bonchev–Trinajstić information content (AvgIpc) is 2.33. The Morgan fingerprint density at radius 3 is 2.40 bits per heavy atom. The van der Waals surface area contributed by atoms with E-state index in [9.17, 15) is 8.42 Å². The molecule has 0 saturated carbocycles. The van der Waals surface area contributed by atoms with E-state index in [1.54, 1.807) is 18.2 Å². The Hall–Kier alpha value is -1.11.